The Kier molecular flexibility index (Phi) is 2.76. The van der Waals surface area contributed by atoms with Crippen molar-refractivity contribution >= 4 is 17.6 Å². The molecule has 1 aromatic heterocycles. The Morgan fingerprint density at radius 3 is 2.75 bits per heavy atom. The Labute approximate surface area is 75.3 Å². The van der Waals surface area contributed by atoms with Crippen molar-refractivity contribution in [1.29, 1.82) is 0 Å². The molecule has 0 unspecified atom stereocenters. The first kappa shape index (κ1) is 9.13. The molecule has 0 fully saturated rings. The van der Waals surface area contributed by atoms with E-state index in [-0.39, 0.29) is 11.1 Å². The lowest BCUT2D eigenvalue weighted by atomic mass is 10.3. The third-order valence-corrected chi connectivity index (χ3v) is 1.62. The normalized spacial score (nSPS) is 12.6. The van der Waals surface area contributed by atoms with Gasteiger partial charge in [-0.25, -0.2) is 4.79 Å². The molecule has 66 valence electrons. The van der Waals surface area contributed by atoms with Crippen LogP contribution in [0.25, 0.3) is 0 Å². The molecule has 0 spiro atoms. The van der Waals surface area contributed by atoms with Crippen LogP contribution in [0.1, 0.15) is 28.6 Å². The molecule has 0 aromatic carbocycles. The molecule has 0 aliphatic heterocycles. The van der Waals surface area contributed by atoms with E-state index in [1.807, 2.05) is 0 Å². The largest absolute Gasteiger partial charge is 0.463 e. The maximum atomic E-state index is 10.9. The van der Waals surface area contributed by atoms with Gasteiger partial charge in [-0.05, 0) is 19.1 Å². The lowest BCUT2D eigenvalue weighted by molar-refractivity contribution is 0.0563. The number of carbonyl (C=O) groups is 1. The van der Waals surface area contributed by atoms with Gasteiger partial charge in [0.2, 0.25) is 5.76 Å². The van der Waals surface area contributed by atoms with Gasteiger partial charge in [0.25, 0.3) is 0 Å². The molecule has 0 N–H and O–H groups in total. The molecule has 0 amide bonds. The molecule has 0 bridgehead atoms. The SMILES string of the molecule is COC(=O)c1ccc([C@H](C)Cl)o1. The van der Waals surface area contributed by atoms with Crippen LogP contribution in [0.4, 0.5) is 0 Å². The van der Waals surface area contributed by atoms with Crippen molar-refractivity contribution in [3.8, 4) is 0 Å². The predicted molar refractivity (Wildman–Crippen MR) is 44.3 cm³/mol. The summed E-state index contributed by atoms with van der Waals surface area (Å²) in [5.74, 6) is 0.260. The van der Waals surface area contributed by atoms with Crippen molar-refractivity contribution in [2.75, 3.05) is 7.11 Å². The average molecular weight is 189 g/mol. The van der Waals surface area contributed by atoms with Gasteiger partial charge >= 0.3 is 5.97 Å². The van der Waals surface area contributed by atoms with E-state index in [0.29, 0.717) is 5.76 Å². The van der Waals surface area contributed by atoms with Gasteiger partial charge in [0, 0.05) is 0 Å². The van der Waals surface area contributed by atoms with Gasteiger partial charge in [-0.3, -0.25) is 0 Å². The molecular formula is C8H9ClO3. The van der Waals surface area contributed by atoms with E-state index in [9.17, 15) is 4.79 Å². The van der Waals surface area contributed by atoms with Gasteiger partial charge in [0.1, 0.15) is 5.76 Å². The smallest absolute Gasteiger partial charge is 0.373 e. The molecule has 0 saturated heterocycles. The summed E-state index contributed by atoms with van der Waals surface area (Å²) in [4.78, 5) is 10.9. The van der Waals surface area contributed by atoms with E-state index in [4.69, 9.17) is 16.0 Å². The molecule has 4 heteroatoms. The highest BCUT2D eigenvalue weighted by molar-refractivity contribution is 6.20. The number of halogens is 1. The van der Waals surface area contributed by atoms with Crippen molar-refractivity contribution in [3.05, 3.63) is 23.7 Å². The molecule has 0 saturated carbocycles. The highest BCUT2D eigenvalue weighted by Gasteiger charge is 2.13. The summed E-state index contributed by atoms with van der Waals surface area (Å²) in [6, 6.07) is 3.20. The third kappa shape index (κ3) is 1.80. The van der Waals surface area contributed by atoms with Crippen LogP contribution in [-0.2, 0) is 4.74 Å². The zero-order chi connectivity index (χ0) is 9.14. The monoisotopic (exact) mass is 188 g/mol. The lowest BCUT2D eigenvalue weighted by Gasteiger charge is -1.96. The second kappa shape index (κ2) is 3.63. The highest BCUT2D eigenvalue weighted by Crippen LogP contribution is 2.21. The number of carbonyl (C=O) groups excluding carboxylic acids is 1. The first-order chi connectivity index (χ1) is 5.65. The van der Waals surface area contributed by atoms with Crippen LogP contribution < -0.4 is 0 Å². The quantitative estimate of drug-likeness (QED) is 0.528. The second-order valence-electron chi connectivity index (χ2n) is 2.31. The van der Waals surface area contributed by atoms with Crippen LogP contribution in [0.3, 0.4) is 0 Å². The maximum absolute atomic E-state index is 10.9. The molecule has 1 atom stereocenters. The van der Waals surface area contributed by atoms with Crippen molar-refractivity contribution < 1.29 is 13.9 Å². The fraction of sp³-hybridized carbons (Fsp3) is 0.375. The fourth-order valence-electron chi connectivity index (χ4n) is 0.777. The van der Waals surface area contributed by atoms with Crippen LogP contribution in [0.2, 0.25) is 0 Å². The van der Waals surface area contributed by atoms with Gasteiger partial charge in [-0.15, -0.1) is 11.6 Å². The highest BCUT2D eigenvalue weighted by atomic mass is 35.5. The molecule has 12 heavy (non-hydrogen) atoms. The van der Waals surface area contributed by atoms with E-state index >= 15 is 0 Å². The first-order valence-electron chi connectivity index (χ1n) is 3.47. The third-order valence-electron chi connectivity index (χ3n) is 1.41. The zero-order valence-electron chi connectivity index (χ0n) is 6.83. The average Bonchev–Trinajstić information content (AvgIpc) is 2.51. The summed E-state index contributed by atoms with van der Waals surface area (Å²) in [7, 11) is 1.30. The van der Waals surface area contributed by atoms with Gasteiger partial charge in [0.15, 0.2) is 0 Å². The summed E-state index contributed by atoms with van der Waals surface area (Å²) in [5.41, 5.74) is 0. The number of rotatable bonds is 2. The number of furan rings is 1. The maximum Gasteiger partial charge on any atom is 0.373 e. The van der Waals surface area contributed by atoms with Crippen LogP contribution in [-0.4, -0.2) is 13.1 Å². The zero-order valence-corrected chi connectivity index (χ0v) is 7.59. The van der Waals surface area contributed by atoms with Crippen molar-refractivity contribution in [3.63, 3.8) is 0 Å². The summed E-state index contributed by atoms with van der Waals surface area (Å²) < 4.78 is 9.54. The van der Waals surface area contributed by atoms with Crippen LogP contribution in [0.15, 0.2) is 16.5 Å². The van der Waals surface area contributed by atoms with Crippen LogP contribution in [0, 0.1) is 0 Å². The molecule has 0 radical (unpaired) electrons. The molecule has 0 aliphatic rings. The standard InChI is InChI=1S/C8H9ClO3/c1-5(9)6-3-4-7(12-6)8(10)11-2/h3-5H,1-2H3/t5-/m0/s1. The summed E-state index contributed by atoms with van der Waals surface area (Å²) >= 11 is 5.72. The molecule has 1 aromatic rings. The molecule has 1 rings (SSSR count). The van der Waals surface area contributed by atoms with Crippen LogP contribution >= 0.6 is 11.6 Å². The second-order valence-corrected chi connectivity index (χ2v) is 2.96. The Balaban J connectivity index is 2.84. The Morgan fingerprint density at radius 2 is 2.33 bits per heavy atom. The number of hydrogen-bond acceptors (Lipinski definition) is 3. The van der Waals surface area contributed by atoms with Crippen molar-refractivity contribution in [1.82, 2.24) is 0 Å². The number of esters is 1. The number of ether oxygens (including phenoxy) is 1. The topological polar surface area (TPSA) is 39.4 Å². The van der Waals surface area contributed by atoms with E-state index in [1.54, 1.807) is 19.1 Å². The molecule has 3 nitrogen and oxygen atoms in total. The number of methoxy groups -OCH3 is 1. The summed E-state index contributed by atoms with van der Waals surface area (Å²) in [5, 5.41) is -0.233. The van der Waals surface area contributed by atoms with Gasteiger partial charge in [0.05, 0.1) is 12.5 Å². The van der Waals surface area contributed by atoms with E-state index in [2.05, 4.69) is 4.74 Å². The minimum atomic E-state index is -0.487. The van der Waals surface area contributed by atoms with Gasteiger partial charge in [-0.2, -0.15) is 0 Å². The minimum Gasteiger partial charge on any atom is -0.463 e. The Morgan fingerprint density at radius 1 is 1.67 bits per heavy atom. The number of hydrogen-bond donors (Lipinski definition) is 0. The summed E-state index contributed by atoms with van der Waals surface area (Å²) in [6.07, 6.45) is 0. The molecule has 1 heterocycles. The Bertz CT molecular complexity index is 278. The van der Waals surface area contributed by atoms with E-state index < -0.39 is 5.97 Å². The number of alkyl halides is 1. The van der Waals surface area contributed by atoms with Gasteiger partial charge in [-0.1, -0.05) is 0 Å². The first-order valence-corrected chi connectivity index (χ1v) is 3.91. The predicted octanol–water partition coefficient (Wildman–Crippen LogP) is 2.37. The van der Waals surface area contributed by atoms with E-state index in [0.717, 1.165) is 0 Å². The lowest BCUT2D eigenvalue weighted by Crippen LogP contribution is -1.98. The van der Waals surface area contributed by atoms with Crippen molar-refractivity contribution in [2.24, 2.45) is 0 Å². The van der Waals surface area contributed by atoms with Gasteiger partial charge < -0.3 is 9.15 Å². The minimum absolute atomic E-state index is 0.181. The van der Waals surface area contributed by atoms with E-state index in [1.165, 1.54) is 7.11 Å². The summed E-state index contributed by atoms with van der Waals surface area (Å²) in [6.45, 7) is 1.77. The Hall–Kier alpha value is -0.960. The molecular weight excluding hydrogens is 180 g/mol. The fourth-order valence-corrected chi connectivity index (χ4v) is 0.894. The van der Waals surface area contributed by atoms with Crippen molar-refractivity contribution in [2.45, 2.75) is 12.3 Å². The molecule has 0 aliphatic carbocycles. The van der Waals surface area contributed by atoms with Crippen LogP contribution in [0.5, 0.6) is 0 Å².